The third-order valence-corrected chi connectivity index (χ3v) is 1.76. The smallest absolute Gasteiger partial charge is 0.434 e. The van der Waals surface area contributed by atoms with E-state index in [1.807, 2.05) is 19.1 Å². The number of para-hydroxylation sites is 1. The first-order chi connectivity index (χ1) is 7.27. The molecule has 15 heavy (non-hydrogen) atoms. The first-order valence-electron chi connectivity index (χ1n) is 4.84. The lowest BCUT2D eigenvalue weighted by Crippen LogP contribution is -2.11. The largest absolute Gasteiger partial charge is 0.513 e. The normalized spacial score (nSPS) is 9.40. The molecule has 0 aliphatic carbocycles. The molecule has 0 amide bonds. The lowest BCUT2D eigenvalue weighted by molar-refractivity contribution is 0.0991. The zero-order valence-electron chi connectivity index (χ0n) is 8.73. The predicted molar refractivity (Wildman–Crippen MR) is 58.8 cm³/mol. The maximum atomic E-state index is 11.2. The van der Waals surface area contributed by atoms with Crippen molar-refractivity contribution >= 4 is 12.2 Å². The zero-order chi connectivity index (χ0) is 11.1. The van der Waals surface area contributed by atoms with Crippen molar-refractivity contribution in [2.24, 2.45) is 0 Å². The minimum absolute atomic E-state index is 0.370. The number of hydrogen-bond donors (Lipinski definition) is 0. The van der Waals surface area contributed by atoms with Crippen LogP contribution in [0.2, 0.25) is 0 Å². The average Bonchev–Trinajstić information content (AvgIpc) is 2.27. The molecule has 0 bridgehead atoms. The molecule has 0 spiro atoms. The second-order valence-electron chi connectivity index (χ2n) is 2.94. The van der Waals surface area contributed by atoms with E-state index in [-0.39, 0.29) is 0 Å². The van der Waals surface area contributed by atoms with Crippen LogP contribution < -0.4 is 4.74 Å². The quantitative estimate of drug-likeness (QED) is 0.560. The molecule has 0 aromatic heterocycles. The highest BCUT2D eigenvalue weighted by atomic mass is 16.7. The molecule has 0 aliphatic rings. The third-order valence-electron chi connectivity index (χ3n) is 1.76. The van der Waals surface area contributed by atoms with E-state index in [2.05, 4.69) is 6.58 Å². The van der Waals surface area contributed by atoms with Crippen molar-refractivity contribution in [2.75, 3.05) is 6.61 Å². The molecule has 80 valence electrons. The Bertz CT molecular complexity index is 344. The van der Waals surface area contributed by atoms with Crippen LogP contribution in [0.5, 0.6) is 5.75 Å². The number of carbonyl (C=O) groups is 1. The van der Waals surface area contributed by atoms with Crippen molar-refractivity contribution < 1.29 is 14.3 Å². The van der Waals surface area contributed by atoms with E-state index < -0.39 is 6.16 Å². The maximum Gasteiger partial charge on any atom is 0.513 e. The van der Waals surface area contributed by atoms with Gasteiger partial charge in [-0.1, -0.05) is 37.8 Å². The molecule has 0 heterocycles. The van der Waals surface area contributed by atoms with Crippen molar-refractivity contribution in [3.63, 3.8) is 0 Å². The van der Waals surface area contributed by atoms with Crippen molar-refractivity contribution in [2.45, 2.75) is 13.3 Å². The molecule has 0 saturated carbocycles. The fourth-order valence-corrected chi connectivity index (χ4v) is 1.05. The number of carbonyl (C=O) groups excluding carboxylic acids is 1. The number of benzene rings is 1. The van der Waals surface area contributed by atoms with E-state index in [0.717, 1.165) is 12.0 Å². The Morgan fingerprint density at radius 1 is 1.47 bits per heavy atom. The van der Waals surface area contributed by atoms with Crippen molar-refractivity contribution in [3.05, 3.63) is 36.4 Å². The number of hydrogen-bond acceptors (Lipinski definition) is 3. The lowest BCUT2D eigenvalue weighted by Gasteiger charge is -2.06. The molecule has 1 rings (SSSR count). The van der Waals surface area contributed by atoms with Gasteiger partial charge in [0.05, 0.1) is 6.61 Å². The second kappa shape index (κ2) is 5.86. The minimum Gasteiger partial charge on any atom is -0.434 e. The Labute approximate surface area is 89.3 Å². The summed E-state index contributed by atoms with van der Waals surface area (Å²) in [6.07, 6.45) is 1.73. The summed E-state index contributed by atoms with van der Waals surface area (Å²) >= 11 is 0. The molecule has 3 heteroatoms. The highest BCUT2D eigenvalue weighted by Crippen LogP contribution is 2.19. The Hall–Kier alpha value is -1.77. The van der Waals surface area contributed by atoms with Crippen LogP contribution in [0.25, 0.3) is 6.08 Å². The van der Waals surface area contributed by atoms with E-state index in [1.165, 1.54) is 0 Å². The summed E-state index contributed by atoms with van der Waals surface area (Å²) in [4.78, 5) is 11.2. The summed E-state index contributed by atoms with van der Waals surface area (Å²) in [5, 5.41) is 0. The van der Waals surface area contributed by atoms with E-state index in [1.54, 1.807) is 18.2 Å². The summed E-state index contributed by atoms with van der Waals surface area (Å²) in [6.45, 7) is 5.92. The van der Waals surface area contributed by atoms with Crippen LogP contribution in [0.3, 0.4) is 0 Å². The first kappa shape index (κ1) is 11.3. The van der Waals surface area contributed by atoms with Gasteiger partial charge >= 0.3 is 6.16 Å². The van der Waals surface area contributed by atoms with Gasteiger partial charge in [0.2, 0.25) is 0 Å². The van der Waals surface area contributed by atoms with Crippen molar-refractivity contribution in [3.8, 4) is 5.75 Å². The zero-order valence-corrected chi connectivity index (χ0v) is 8.73. The summed E-state index contributed by atoms with van der Waals surface area (Å²) in [5.41, 5.74) is 0.769. The van der Waals surface area contributed by atoms with E-state index in [0.29, 0.717) is 12.4 Å². The Morgan fingerprint density at radius 2 is 2.20 bits per heavy atom. The summed E-state index contributed by atoms with van der Waals surface area (Å²) in [7, 11) is 0. The Morgan fingerprint density at radius 3 is 2.87 bits per heavy atom. The highest BCUT2D eigenvalue weighted by Gasteiger charge is 2.07. The van der Waals surface area contributed by atoms with Crippen LogP contribution in [-0.4, -0.2) is 12.8 Å². The molecule has 0 atom stereocenters. The van der Waals surface area contributed by atoms with Crippen LogP contribution in [0.1, 0.15) is 18.9 Å². The van der Waals surface area contributed by atoms with Gasteiger partial charge in [-0.05, 0) is 12.5 Å². The molecule has 3 nitrogen and oxygen atoms in total. The molecular formula is C12H14O3. The van der Waals surface area contributed by atoms with Crippen molar-refractivity contribution in [1.82, 2.24) is 0 Å². The highest BCUT2D eigenvalue weighted by molar-refractivity contribution is 5.67. The van der Waals surface area contributed by atoms with Gasteiger partial charge in [-0.2, -0.15) is 0 Å². The monoisotopic (exact) mass is 206 g/mol. The number of ether oxygens (including phenoxy) is 2. The lowest BCUT2D eigenvalue weighted by atomic mass is 10.2. The van der Waals surface area contributed by atoms with Crippen LogP contribution in [0.15, 0.2) is 30.8 Å². The third kappa shape index (κ3) is 3.46. The van der Waals surface area contributed by atoms with Crippen LogP contribution in [0, 0.1) is 0 Å². The van der Waals surface area contributed by atoms with Crippen LogP contribution in [0.4, 0.5) is 4.79 Å². The molecular weight excluding hydrogens is 192 g/mol. The van der Waals surface area contributed by atoms with Gasteiger partial charge in [0.25, 0.3) is 0 Å². The van der Waals surface area contributed by atoms with Gasteiger partial charge in [0.1, 0.15) is 5.75 Å². The molecule has 0 N–H and O–H groups in total. The summed E-state index contributed by atoms with van der Waals surface area (Å²) in [6, 6.07) is 7.15. The average molecular weight is 206 g/mol. The fraction of sp³-hybridized carbons (Fsp3) is 0.250. The van der Waals surface area contributed by atoms with E-state index >= 15 is 0 Å². The van der Waals surface area contributed by atoms with Gasteiger partial charge in [-0.15, -0.1) is 0 Å². The fourth-order valence-electron chi connectivity index (χ4n) is 1.05. The van der Waals surface area contributed by atoms with Crippen LogP contribution in [-0.2, 0) is 4.74 Å². The summed E-state index contributed by atoms with van der Waals surface area (Å²) < 4.78 is 9.81. The molecule has 0 saturated heterocycles. The standard InChI is InChI=1S/C12H14O3/c1-3-9-14-12(13)15-11-8-6-5-7-10(11)4-2/h4-8H,2-3,9H2,1H3. The van der Waals surface area contributed by atoms with Gasteiger partial charge in [-0.3, -0.25) is 0 Å². The van der Waals surface area contributed by atoms with Gasteiger partial charge in [0, 0.05) is 5.56 Å². The van der Waals surface area contributed by atoms with Crippen molar-refractivity contribution in [1.29, 1.82) is 0 Å². The van der Waals surface area contributed by atoms with E-state index in [9.17, 15) is 4.79 Å². The first-order valence-corrected chi connectivity index (χ1v) is 4.84. The predicted octanol–water partition coefficient (Wildman–Crippen LogP) is 3.26. The SMILES string of the molecule is C=Cc1ccccc1OC(=O)OCCC. The second-order valence-corrected chi connectivity index (χ2v) is 2.94. The molecule has 0 unspecified atom stereocenters. The Balaban J connectivity index is 2.63. The molecule has 1 aromatic carbocycles. The van der Waals surface area contributed by atoms with Gasteiger partial charge in [-0.25, -0.2) is 4.79 Å². The molecule has 1 aromatic rings. The van der Waals surface area contributed by atoms with Gasteiger partial charge < -0.3 is 9.47 Å². The molecule has 0 radical (unpaired) electrons. The number of rotatable bonds is 4. The Kier molecular flexibility index (Phi) is 4.41. The molecule has 0 fully saturated rings. The maximum absolute atomic E-state index is 11.2. The minimum atomic E-state index is -0.675. The van der Waals surface area contributed by atoms with Crippen LogP contribution >= 0.6 is 0 Å². The van der Waals surface area contributed by atoms with Gasteiger partial charge in [0.15, 0.2) is 0 Å². The topological polar surface area (TPSA) is 35.5 Å². The molecule has 0 aliphatic heterocycles. The summed E-state index contributed by atoms with van der Waals surface area (Å²) in [5.74, 6) is 0.466. The van der Waals surface area contributed by atoms with E-state index in [4.69, 9.17) is 9.47 Å².